The number of benzene rings is 2. The Balaban J connectivity index is 1.55. The van der Waals surface area contributed by atoms with Gasteiger partial charge < -0.3 is 19.7 Å². The molecule has 0 aliphatic rings. The van der Waals surface area contributed by atoms with Crippen LogP contribution in [0.3, 0.4) is 0 Å². The van der Waals surface area contributed by atoms with E-state index in [0.29, 0.717) is 28.2 Å². The second kappa shape index (κ2) is 10.7. The molecule has 0 fully saturated rings. The van der Waals surface area contributed by atoms with Gasteiger partial charge in [0, 0.05) is 36.4 Å². The Kier molecular flexibility index (Phi) is 7.48. The number of carbonyl (C=O) groups is 1. The highest BCUT2D eigenvalue weighted by Crippen LogP contribution is 2.33. The van der Waals surface area contributed by atoms with Crippen LogP contribution >= 0.6 is 11.3 Å². The van der Waals surface area contributed by atoms with Gasteiger partial charge in [0.1, 0.15) is 11.5 Å². The van der Waals surface area contributed by atoms with Gasteiger partial charge in [-0.15, -0.1) is 13.2 Å². The summed E-state index contributed by atoms with van der Waals surface area (Å²) in [7, 11) is 0. The number of carboxylic acids is 1. The lowest BCUT2D eigenvalue weighted by atomic mass is 10.0. The molecule has 0 aliphatic heterocycles. The fraction of sp³-hybridized carbons (Fsp3) is 0.160. The van der Waals surface area contributed by atoms with Gasteiger partial charge in [-0.3, -0.25) is 14.8 Å². The van der Waals surface area contributed by atoms with Crippen LogP contribution < -0.4 is 14.3 Å². The number of ether oxygens (including phenoxy) is 2. The van der Waals surface area contributed by atoms with Crippen molar-refractivity contribution in [2.45, 2.75) is 19.2 Å². The van der Waals surface area contributed by atoms with E-state index in [1.54, 1.807) is 18.2 Å². The van der Waals surface area contributed by atoms with Crippen LogP contribution in [-0.4, -0.2) is 39.1 Å². The average Bonchev–Trinajstić information content (AvgIpc) is 3.16. The van der Waals surface area contributed by atoms with E-state index in [1.165, 1.54) is 42.7 Å². The minimum absolute atomic E-state index is 0.0171. The van der Waals surface area contributed by atoms with Crippen LogP contribution in [0.2, 0.25) is 0 Å². The molecule has 0 radical (unpaired) electrons. The lowest BCUT2D eigenvalue weighted by Gasteiger charge is -2.14. The molecule has 2 aromatic carbocycles. The fourth-order valence-electron chi connectivity index (χ4n) is 3.54. The molecule has 0 amide bonds. The van der Waals surface area contributed by atoms with Gasteiger partial charge in [0.05, 0.1) is 17.0 Å². The highest BCUT2D eigenvalue weighted by atomic mass is 32.1. The highest BCUT2D eigenvalue weighted by molar-refractivity contribution is 7.09. The summed E-state index contributed by atoms with van der Waals surface area (Å²) in [5.74, 6) is -1.25. The number of hydrogen-bond acceptors (Lipinski definition) is 7. The van der Waals surface area contributed by atoms with E-state index in [4.69, 9.17) is 4.74 Å². The zero-order valence-electron chi connectivity index (χ0n) is 18.9. The number of aromatic hydroxyl groups is 1. The van der Waals surface area contributed by atoms with Gasteiger partial charge in [-0.05, 0) is 41.5 Å². The number of carboxylic acid groups (broad SMARTS) is 1. The molecule has 4 aromatic rings. The van der Waals surface area contributed by atoms with E-state index < -0.39 is 12.3 Å². The molecule has 0 aliphatic carbocycles. The molecule has 0 bridgehead atoms. The molecular formula is C25H19F3N2O6S. The molecule has 192 valence electrons. The maximum absolute atomic E-state index is 12.3. The number of H-pyrrole nitrogens is 1. The predicted octanol–water partition coefficient (Wildman–Crippen LogP) is 5.01. The van der Waals surface area contributed by atoms with Crippen molar-refractivity contribution in [3.05, 3.63) is 92.2 Å². The Labute approximate surface area is 211 Å². The second-order valence-corrected chi connectivity index (χ2v) is 8.92. The Hall–Kier alpha value is -4.32. The average molecular weight is 532 g/mol. The normalized spacial score (nSPS) is 11.3. The summed E-state index contributed by atoms with van der Waals surface area (Å²) in [5, 5.41) is 19.3. The van der Waals surface area contributed by atoms with Crippen molar-refractivity contribution in [2.75, 3.05) is 6.61 Å². The quantitative estimate of drug-likeness (QED) is 0.277. The summed E-state index contributed by atoms with van der Waals surface area (Å²) in [6.45, 7) is 0.179. The second-order valence-electron chi connectivity index (χ2n) is 7.85. The number of rotatable bonds is 9. The maximum Gasteiger partial charge on any atom is 0.573 e. The van der Waals surface area contributed by atoms with Crippen LogP contribution in [0, 0.1) is 0 Å². The molecule has 2 heterocycles. The van der Waals surface area contributed by atoms with Gasteiger partial charge in [0.15, 0.2) is 0 Å². The first kappa shape index (κ1) is 25.8. The van der Waals surface area contributed by atoms with Crippen LogP contribution in [0.5, 0.6) is 17.4 Å². The number of aromatic amines is 1. The molecule has 3 N–H and O–H groups in total. The minimum Gasteiger partial charge on any atom is -0.494 e. The summed E-state index contributed by atoms with van der Waals surface area (Å²) in [4.78, 5) is 29.3. The number of pyridine rings is 1. The van der Waals surface area contributed by atoms with Crippen LogP contribution in [-0.2, 0) is 12.8 Å². The van der Waals surface area contributed by atoms with E-state index >= 15 is 0 Å². The van der Waals surface area contributed by atoms with E-state index in [-0.39, 0.29) is 35.1 Å². The number of aromatic carboxylic acids is 1. The number of hydrogen-bond donors (Lipinski definition) is 3. The van der Waals surface area contributed by atoms with Gasteiger partial charge in [-0.1, -0.05) is 29.5 Å². The zero-order valence-corrected chi connectivity index (χ0v) is 19.7. The smallest absolute Gasteiger partial charge is 0.494 e. The number of nitrogens with zero attached hydrogens (tertiary/aromatic N) is 1. The largest absolute Gasteiger partial charge is 0.573 e. The van der Waals surface area contributed by atoms with Crippen molar-refractivity contribution in [1.82, 2.24) is 9.97 Å². The van der Waals surface area contributed by atoms with Gasteiger partial charge in [0.2, 0.25) is 5.88 Å². The first-order valence-electron chi connectivity index (χ1n) is 10.8. The third-order valence-electron chi connectivity index (χ3n) is 5.21. The Morgan fingerprint density at radius 3 is 2.43 bits per heavy atom. The Bertz CT molecular complexity index is 1460. The molecular weight excluding hydrogens is 513 g/mol. The van der Waals surface area contributed by atoms with E-state index in [1.807, 2.05) is 0 Å². The molecule has 4 rings (SSSR count). The van der Waals surface area contributed by atoms with E-state index in [9.17, 15) is 33.0 Å². The lowest BCUT2D eigenvalue weighted by molar-refractivity contribution is -0.274. The molecule has 12 heteroatoms. The van der Waals surface area contributed by atoms with E-state index in [0.717, 1.165) is 22.5 Å². The number of thiazole rings is 1. The van der Waals surface area contributed by atoms with Crippen molar-refractivity contribution in [2.24, 2.45) is 0 Å². The van der Waals surface area contributed by atoms with Gasteiger partial charge in [-0.2, -0.15) is 0 Å². The monoisotopic (exact) mass is 532 g/mol. The summed E-state index contributed by atoms with van der Waals surface area (Å²) in [5.41, 5.74) is 2.46. The zero-order chi connectivity index (χ0) is 26.6. The van der Waals surface area contributed by atoms with E-state index in [2.05, 4.69) is 14.7 Å². The summed E-state index contributed by atoms with van der Waals surface area (Å²) >= 11 is 0.883. The minimum atomic E-state index is -4.77. The number of halogens is 3. The van der Waals surface area contributed by atoms with Crippen molar-refractivity contribution in [3.63, 3.8) is 0 Å². The summed E-state index contributed by atoms with van der Waals surface area (Å²) in [6, 6.07) is 12.1. The number of aromatic nitrogens is 2. The first-order chi connectivity index (χ1) is 17.6. The van der Waals surface area contributed by atoms with Crippen LogP contribution in [0.1, 0.15) is 26.4 Å². The molecule has 8 nitrogen and oxygen atoms in total. The van der Waals surface area contributed by atoms with Crippen LogP contribution in [0.25, 0.3) is 11.1 Å². The Morgan fingerprint density at radius 1 is 1.05 bits per heavy atom. The fourth-order valence-corrected chi connectivity index (χ4v) is 4.29. The van der Waals surface area contributed by atoms with Crippen LogP contribution in [0.15, 0.2) is 65.7 Å². The third-order valence-corrected chi connectivity index (χ3v) is 6.08. The van der Waals surface area contributed by atoms with Crippen molar-refractivity contribution < 1.29 is 37.7 Å². The summed E-state index contributed by atoms with van der Waals surface area (Å²) < 4.78 is 46.9. The van der Waals surface area contributed by atoms with Gasteiger partial charge in [-0.25, -0.2) is 4.79 Å². The van der Waals surface area contributed by atoms with Crippen molar-refractivity contribution in [1.29, 1.82) is 0 Å². The molecule has 0 saturated carbocycles. The topological polar surface area (TPSA) is 122 Å². The standard InChI is InChI=1S/C25H19F3N2O6S/c26-25(27,28)36-18-4-1-14(2-5-18)7-8-35-20-6-3-15(10-21-22(31)30-24(34)37-21)9-19(20)16-11-17(23(32)33)13-29-12-16/h1-6,9,11-13,31H,7-8,10H2,(H,30,34)(H,32,33). The first-order valence-corrected chi connectivity index (χ1v) is 11.6. The molecule has 0 unspecified atom stereocenters. The van der Waals surface area contributed by atoms with Crippen molar-refractivity contribution >= 4 is 17.3 Å². The highest BCUT2D eigenvalue weighted by Gasteiger charge is 2.30. The molecule has 2 aromatic heterocycles. The third kappa shape index (κ3) is 6.88. The SMILES string of the molecule is O=C(O)c1cncc(-c2cc(Cc3sc(=O)[nH]c3O)ccc2OCCc2ccc(OC(F)(F)F)cc2)c1. The molecule has 0 saturated heterocycles. The lowest BCUT2D eigenvalue weighted by Crippen LogP contribution is -2.17. The molecule has 0 atom stereocenters. The molecule has 37 heavy (non-hydrogen) atoms. The van der Waals surface area contributed by atoms with Gasteiger partial charge >= 0.3 is 17.2 Å². The Morgan fingerprint density at radius 2 is 1.78 bits per heavy atom. The maximum atomic E-state index is 12.3. The van der Waals surface area contributed by atoms with Gasteiger partial charge in [0.25, 0.3) is 0 Å². The number of nitrogens with one attached hydrogen (secondary N) is 1. The van der Waals surface area contributed by atoms with Crippen molar-refractivity contribution in [3.8, 4) is 28.5 Å². The predicted molar refractivity (Wildman–Crippen MR) is 128 cm³/mol. The number of alkyl halides is 3. The van der Waals surface area contributed by atoms with Crippen LogP contribution in [0.4, 0.5) is 13.2 Å². The molecule has 0 spiro atoms. The summed E-state index contributed by atoms with van der Waals surface area (Å²) in [6.07, 6.45) is -1.42.